The third-order valence-corrected chi connectivity index (χ3v) is 5.80. The molecule has 6 rings (SSSR count). The van der Waals surface area contributed by atoms with Gasteiger partial charge in [-0.3, -0.25) is 9.55 Å². The van der Waals surface area contributed by atoms with E-state index >= 15 is 0 Å². The molecule has 10 heteroatoms. The molecule has 5 heterocycles. The van der Waals surface area contributed by atoms with E-state index in [4.69, 9.17) is 9.26 Å². The van der Waals surface area contributed by atoms with Crippen LogP contribution in [-0.4, -0.2) is 39.4 Å². The maximum atomic E-state index is 5.94. The predicted octanol–water partition coefficient (Wildman–Crippen LogP) is 3.95. The minimum Gasteiger partial charge on any atom is -0.484 e. The Bertz CT molecular complexity index is 1480. The second-order valence-corrected chi connectivity index (χ2v) is 8.54. The third kappa shape index (κ3) is 3.35. The molecule has 4 aromatic heterocycles. The van der Waals surface area contributed by atoms with E-state index in [0.717, 1.165) is 28.3 Å². The van der Waals surface area contributed by atoms with Gasteiger partial charge in [0.2, 0.25) is 11.7 Å². The lowest BCUT2D eigenvalue weighted by Crippen LogP contribution is -2.10. The minimum atomic E-state index is 0.131. The summed E-state index contributed by atoms with van der Waals surface area (Å²) in [5.74, 6) is 3.32. The molecule has 5 aromatic rings. The number of rotatable bonds is 5. The Labute approximate surface area is 195 Å². The van der Waals surface area contributed by atoms with Gasteiger partial charge in [0.1, 0.15) is 24.4 Å². The van der Waals surface area contributed by atoms with E-state index in [1.165, 1.54) is 0 Å². The summed E-state index contributed by atoms with van der Waals surface area (Å²) >= 11 is 0. The van der Waals surface area contributed by atoms with Gasteiger partial charge in [-0.15, -0.1) is 10.2 Å². The zero-order valence-corrected chi connectivity index (χ0v) is 19.0. The molecule has 10 nitrogen and oxygen atoms in total. The zero-order valence-electron chi connectivity index (χ0n) is 19.0. The highest BCUT2D eigenvalue weighted by Gasteiger charge is 2.28. The van der Waals surface area contributed by atoms with Gasteiger partial charge in [0, 0.05) is 17.7 Å². The van der Waals surface area contributed by atoms with Gasteiger partial charge < -0.3 is 13.8 Å². The fourth-order valence-corrected chi connectivity index (χ4v) is 4.06. The maximum absolute atomic E-state index is 5.94. The molecule has 1 aliphatic rings. The molecule has 0 fully saturated rings. The third-order valence-electron chi connectivity index (χ3n) is 5.80. The molecule has 0 N–H and O–H groups in total. The molecular weight excluding hydrogens is 432 g/mol. The maximum Gasteiger partial charge on any atom is 0.229 e. The molecule has 0 aliphatic carbocycles. The number of hydrogen-bond acceptors (Lipinski definition) is 8. The number of imidazole rings is 1. The molecule has 0 saturated heterocycles. The molecular formula is C24H22N8O2. The van der Waals surface area contributed by atoms with Gasteiger partial charge in [0.25, 0.3) is 0 Å². The molecule has 0 bridgehead atoms. The Kier molecular flexibility index (Phi) is 4.72. The molecule has 170 valence electrons. The predicted molar refractivity (Wildman–Crippen MR) is 122 cm³/mol. The van der Waals surface area contributed by atoms with Crippen LogP contribution in [0.3, 0.4) is 0 Å². The van der Waals surface area contributed by atoms with Gasteiger partial charge in [-0.05, 0) is 31.2 Å². The first-order valence-electron chi connectivity index (χ1n) is 11.0. The van der Waals surface area contributed by atoms with Crippen LogP contribution in [0.5, 0.6) is 5.75 Å². The van der Waals surface area contributed by atoms with Gasteiger partial charge in [0.05, 0.1) is 24.1 Å². The van der Waals surface area contributed by atoms with Gasteiger partial charge in [-0.1, -0.05) is 30.6 Å². The van der Waals surface area contributed by atoms with E-state index in [2.05, 4.69) is 64.6 Å². The summed E-state index contributed by atoms with van der Waals surface area (Å²) in [7, 11) is 0. The summed E-state index contributed by atoms with van der Waals surface area (Å²) in [6.45, 7) is 6.82. The molecule has 0 amide bonds. The Hall–Kier alpha value is -4.34. The number of benzene rings is 1. The Morgan fingerprint density at radius 3 is 2.88 bits per heavy atom. The van der Waals surface area contributed by atoms with Crippen molar-refractivity contribution in [1.82, 2.24) is 39.4 Å². The average Bonchev–Trinajstić information content (AvgIpc) is 3.56. The minimum absolute atomic E-state index is 0.131. The number of pyridine rings is 1. The second kappa shape index (κ2) is 7.91. The van der Waals surface area contributed by atoms with Crippen LogP contribution in [0.4, 0.5) is 0 Å². The number of ether oxygens (including phenoxy) is 1. The fraction of sp³-hybridized carbons (Fsp3) is 0.250. The van der Waals surface area contributed by atoms with Crippen LogP contribution in [-0.2, 0) is 13.2 Å². The van der Waals surface area contributed by atoms with E-state index in [1.807, 2.05) is 26.0 Å². The van der Waals surface area contributed by atoms with Crippen LogP contribution >= 0.6 is 0 Å². The first-order chi connectivity index (χ1) is 16.6. The van der Waals surface area contributed by atoms with Crippen molar-refractivity contribution in [2.45, 2.75) is 39.8 Å². The highest BCUT2D eigenvalue weighted by Crippen LogP contribution is 2.35. The van der Waals surface area contributed by atoms with Crippen LogP contribution in [0.1, 0.15) is 42.7 Å². The molecule has 1 aromatic carbocycles. The summed E-state index contributed by atoms with van der Waals surface area (Å²) in [6, 6.07) is 9.96. The second-order valence-electron chi connectivity index (χ2n) is 8.54. The molecule has 1 aliphatic heterocycles. The monoisotopic (exact) mass is 454 g/mol. The molecule has 0 unspecified atom stereocenters. The van der Waals surface area contributed by atoms with Crippen molar-refractivity contribution < 1.29 is 9.26 Å². The van der Waals surface area contributed by atoms with Crippen molar-refractivity contribution in [3.8, 4) is 34.3 Å². The van der Waals surface area contributed by atoms with Crippen LogP contribution in [0.15, 0.2) is 53.6 Å². The van der Waals surface area contributed by atoms with E-state index in [1.54, 1.807) is 18.7 Å². The van der Waals surface area contributed by atoms with Crippen molar-refractivity contribution >= 4 is 0 Å². The lowest BCUT2D eigenvalue weighted by atomic mass is 10.1. The van der Waals surface area contributed by atoms with E-state index < -0.39 is 0 Å². The van der Waals surface area contributed by atoms with Gasteiger partial charge in [-0.25, -0.2) is 4.98 Å². The van der Waals surface area contributed by atoms with Crippen molar-refractivity contribution in [3.05, 3.63) is 72.0 Å². The molecule has 0 saturated carbocycles. The number of hydrogen-bond donors (Lipinski definition) is 0. The van der Waals surface area contributed by atoms with Crippen molar-refractivity contribution in [3.63, 3.8) is 0 Å². The molecule has 34 heavy (non-hydrogen) atoms. The molecule has 0 atom stereocenters. The summed E-state index contributed by atoms with van der Waals surface area (Å²) in [5, 5.41) is 13.2. The standard InChI is InChI=1S/C24H22N8O2/c1-14(2)24-27-22(30-34-24)21-19-11-31-20(12-33-16-5-4-8-25-10-16)28-29-23(31)17-9-15(3)6-7-18(17)32(19)13-26-21/h4-10,13-14H,11-12H2,1-3H3. The molecule has 0 radical (unpaired) electrons. The van der Waals surface area contributed by atoms with Crippen LogP contribution < -0.4 is 4.74 Å². The van der Waals surface area contributed by atoms with Gasteiger partial charge >= 0.3 is 0 Å². The van der Waals surface area contributed by atoms with E-state index in [9.17, 15) is 0 Å². The SMILES string of the molecule is Cc1ccc2c(c1)-c1nnc(COc3cccnc3)n1Cc1c(-c3noc(C(C)C)n3)ncn1-2. The van der Waals surface area contributed by atoms with Crippen LogP contribution in [0.2, 0.25) is 0 Å². The molecule has 0 spiro atoms. The summed E-state index contributed by atoms with van der Waals surface area (Å²) in [4.78, 5) is 13.4. The van der Waals surface area contributed by atoms with Crippen molar-refractivity contribution in [2.75, 3.05) is 0 Å². The van der Waals surface area contributed by atoms with Crippen LogP contribution in [0.25, 0.3) is 28.6 Å². The topological polar surface area (TPSA) is 110 Å². The quantitative estimate of drug-likeness (QED) is 0.385. The lowest BCUT2D eigenvalue weighted by Gasteiger charge is -2.09. The number of aromatic nitrogens is 8. The zero-order chi connectivity index (χ0) is 23.2. The number of fused-ring (bicyclic) bond motifs is 5. The Morgan fingerprint density at radius 2 is 2.09 bits per heavy atom. The fourth-order valence-electron chi connectivity index (χ4n) is 4.06. The van der Waals surface area contributed by atoms with Crippen molar-refractivity contribution in [2.24, 2.45) is 0 Å². The summed E-state index contributed by atoms with van der Waals surface area (Å²) < 4.78 is 15.5. The van der Waals surface area contributed by atoms with Crippen LogP contribution in [0, 0.1) is 6.92 Å². The first-order valence-corrected chi connectivity index (χ1v) is 11.0. The smallest absolute Gasteiger partial charge is 0.229 e. The van der Waals surface area contributed by atoms with E-state index in [-0.39, 0.29) is 12.5 Å². The van der Waals surface area contributed by atoms with Gasteiger partial charge in [0.15, 0.2) is 11.6 Å². The van der Waals surface area contributed by atoms with Gasteiger partial charge in [-0.2, -0.15) is 4.98 Å². The Morgan fingerprint density at radius 1 is 1.18 bits per heavy atom. The number of aryl methyl sites for hydroxylation is 1. The highest BCUT2D eigenvalue weighted by molar-refractivity contribution is 5.71. The van der Waals surface area contributed by atoms with E-state index in [0.29, 0.717) is 35.5 Å². The lowest BCUT2D eigenvalue weighted by molar-refractivity contribution is 0.289. The number of nitrogens with zero attached hydrogens (tertiary/aromatic N) is 8. The summed E-state index contributed by atoms with van der Waals surface area (Å²) in [6.07, 6.45) is 5.19. The first kappa shape index (κ1) is 20.3. The average molecular weight is 454 g/mol. The van der Waals surface area contributed by atoms with Crippen molar-refractivity contribution in [1.29, 1.82) is 0 Å². The largest absolute Gasteiger partial charge is 0.484 e. The summed E-state index contributed by atoms with van der Waals surface area (Å²) in [5.41, 5.74) is 4.66. The highest BCUT2D eigenvalue weighted by atomic mass is 16.5. The normalized spacial score (nSPS) is 12.2. The Balaban J connectivity index is 1.47.